The highest BCUT2D eigenvalue weighted by Gasteiger charge is 2.11. The number of anilines is 2. The molecule has 2 aromatic rings. The van der Waals surface area contributed by atoms with Crippen molar-refractivity contribution in [3.63, 3.8) is 0 Å². The fraction of sp³-hybridized carbons (Fsp3) is 0.300. The lowest BCUT2D eigenvalue weighted by atomic mass is 10.0. The van der Waals surface area contributed by atoms with Gasteiger partial charge in [-0.3, -0.25) is 10.1 Å². The van der Waals surface area contributed by atoms with Crippen molar-refractivity contribution in [2.75, 3.05) is 17.2 Å². The van der Waals surface area contributed by atoms with Crippen molar-refractivity contribution in [3.05, 3.63) is 59.2 Å². The van der Waals surface area contributed by atoms with Crippen LogP contribution in [-0.2, 0) is 4.74 Å². The molecule has 2 amide bonds. The van der Waals surface area contributed by atoms with E-state index < -0.39 is 6.09 Å². The zero-order chi connectivity index (χ0) is 18.4. The van der Waals surface area contributed by atoms with Gasteiger partial charge in [0.25, 0.3) is 5.91 Å². The van der Waals surface area contributed by atoms with Crippen LogP contribution in [0.2, 0.25) is 0 Å². The van der Waals surface area contributed by atoms with Gasteiger partial charge in [0.05, 0.1) is 6.61 Å². The maximum atomic E-state index is 12.5. The number of ether oxygens (including phenoxy) is 1. The first-order chi connectivity index (χ1) is 11.9. The summed E-state index contributed by atoms with van der Waals surface area (Å²) in [5, 5.41) is 5.52. The number of nitrogens with one attached hydrogen (secondary N) is 2. The Kier molecular flexibility index (Phi) is 6.17. The van der Waals surface area contributed by atoms with E-state index in [2.05, 4.69) is 10.6 Å². The molecule has 0 saturated carbocycles. The molecule has 132 valence electrons. The Morgan fingerprint density at radius 3 is 2.32 bits per heavy atom. The Balaban J connectivity index is 2.05. The molecule has 0 radical (unpaired) electrons. The summed E-state index contributed by atoms with van der Waals surface area (Å²) in [5.74, 6) is 0.0923. The van der Waals surface area contributed by atoms with E-state index in [1.807, 2.05) is 39.8 Å². The van der Waals surface area contributed by atoms with Gasteiger partial charge in [-0.25, -0.2) is 4.79 Å². The van der Waals surface area contributed by atoms with Crippen LogP contribution in [0.5, 0.6) is 0 Å². The fourth-order valence-electron chi connectivity index (χ4n) is 2.27. The van der Waals surface area contributed by atoms with Crippen molar-refractivity contribution in [1.82, 2.24) is 0 Å². The van der Waals surface area contributed by atoms with E-state index in [9.17, 15) is 9.59 Å². The van der Waals surface area contributed by atoms with Crippen molar-refractivity contribution in [1.29, 1.82) is 0 Å². The van der Waals surface area contributed by atoms with Gasteiger partial charge in [0.2, 0.25) is 0 Å². The van der Waals surface area contributed by atoms with E-state index in [1.54, 1.807) is 30.3 Å². The molecule has 0 heterocycles. The first-order valence-corrected chi connectivity index (χ1v) is 8.28. The molecule has 0 unspecified atom stereocenters. The minimum atomic E-state index is -0.508. The van der Waals surface area contributed by atoms with Crippen LogP contribution >= 0.6 is 0 Å². The Morgan fingerprint density at radius 1 is 1.00 bits per heavy atom. The molecule has 25 heavy (non-hydrogen) atoms. The average molecular weight is 340 g/mol. The zero-order valence-corrected chi connectivity index (χ0v) is 15.1. The standard InChI is InChI=1S/C20H24N2O3/c1-13(2)12-25-20(24)22-17-9-6-8-16(11-17)21-19(23)18-10-5-7-14(3)15(18)4/h5-11,13H,12H2,1-4H3,(H,21,23)(H,22,24). The fourth-order valence-corrected chi connectivity index (χ4v) is 2.27. The maximum Gasteiger partial charge on any atom is 0.411 e. The minimum Gasteiger partial charge on any atom is -0.449 e. The highest BCUT2D eigenvalue weighted by molar-refractivity contribution is 6.05. The second-order valence-corrected chi connectivity index (χ2v) is 6.40. The van der Waals surface area contributed by atoms with Crippen molar-refractivity contribution in [3.8, 4) is 0 Å². The third-order valence-corrected chi connectivity index (χ3v) is 3.76. The molecule has 0 atom stereocenters. The quantitative estimate of drug-likeness (QED) is 0.824. The highest BCUT2D eigenvalue weighted by Crippen LogP contribution is 2.18. The Morgan fingerprint density at radius 2 is 1.64 bits per heavy atom. The van der Waals surface area contributed by atoms with Crippen LogP contribution in [0.25, 0.3) is 0 Å². The number of rotatable bonds is 5. The summed E-state index contributed by atoms with van der Waals surface area (Å²) in [6, 6.07) is 12.6. The van der Waals surface area contributed by atoms with Gasteiger partial charge < -0.3 is 10.1 Å². The molecule has 0 saturated heterocycles. The zero-order valence-electron chi connectivity index (χ0n) is 15.1. The average Bonchev–Trinajstić information content (AvgIpc) is 2.55. The lowest BCUT2D eigenvalue weighted by molar-refractivity contribution is 0.102. The van der Waals surface area contributed by atoms with Gasteiger partial charge in [0, 0.05) is 16.9 Å². The second kappa shape index (κ2) is 8.33. The Hall–Kier alpha value is -2.82. The number of aryl methyl sites for hydroxylation is 1. The molecule has 5 nitrogen and oxygen atoms in total. The summed E-state index contributed by atoms with van der Waals surface area (Å²) in [7, 11) is 0. The molecule has 0 aliphatic carbocycles. The molecule has 0 fully saturated rings. The number of hydrogen-bond acceptors (Lipinski definition) is 3. The minimum absolute atomic E-state index is 0.180. The van der Waals surface area contributed by atoms with Crippen molar-refractivity contribution in [2.24, 2.45) is 5.92 Å². The predicted molar refractivity (Wildman–Crippen MR) is 100 cm³/mol. The van der Waals surface area contributed by atoms with Crippen molar-refractivity contribution in [2.45, 2.75) is 27.7 Å². The van der Waals surface area contributed by atoms with E-state index in [0.717, 1.165) is 11.1 Å². The van der Waals surface area contributed by atoms with Crippen LogP contribution in [0.1, 0.15) is 35.3 Å². The monoisotopic (exact) mass is 340 g/mol. The summed E-state index contributed by atoms with van der Waals surface area (Å²) < 4.78 is 5.09. The largest absolute Gasteiger partial charge is 0.449 e. The smallest absolute Gasteiger partial charge is 0.411 e. The van der Waals surface area contributed by atoms with E-state index in [0.29, 0.717) is 23.5 Å². The number of hydrogen-bond donors (Lipinski definition) is 2. The van der Waals surface area contributed by atoms with E-state index in [4.69, 9.17) is 4.74 Å². The summed E-state index contributed by atoms with van der Waals surface area (Å²) in [6.07, 6.45) is -0.508. The normalized spacial score (nSPS) is 10.4. The molecule has 0 aromatic heterocycles. The molecule has 5 heteroatoms. The SMILES string of the molecule is Cc1cccc(C(=O)Nc2cccc(NC(=O)OCC(C)C)c2)c1C. The van der Waals surface area contributed by atoms with E-state index in [1.165, 1.54) is 0 Å². The molecule has 0 spiro atoms. The van der Waals surface area contributed by atoms with E-state index in [-0.39, 0.29) is 11.8 Å². The number of carbonyl (C=O) groups is 2. The van der Waals surface area contributed by atoms with Crippen molar-refractivity contribution >= 4 is 23.4 Å². The van der Waals surface area contributed by atoms with Gasteiger partial charge in [-0.2, -0.15) is 0 Å². The summed E-state index contributed by atoms with van der Waals surface area (Å²) in [4.78, 5) is 24.2. The maximum absolute atomic E-state index is 12.5. The van der Waals surface area contributed by atoms with Gasteiger partial charge in [0.1, 0.15) is 0 Å². The van der Waals surface area contributed by atoms with Gasteiger partial charge >= 0.3 is 6.09 Å². The topological polar surface area (TPSA) is 67.4 Å². The lowest BCUT2D eigenvalue weighted by Gasteiger charge is -2.12. The van der Waals surface area contributed by atoms with Gasteiger partial charge in [0.15, 0.2) is 0 Å². The number of amides is 2. The highest BCUT2D eigenvalue weighted by atomic mass is 16.5. The van der Waals surface area contributed by atoms with Crippen molar-refractivity contribution < 1.29 is 14.3 Å². The third-order valence-electron chi connectivity index (χ3n) is 3.76. The molecular formula is C20H24N2O3. The first kappa shape index (κ1) is 18.5. The number of carbonyl (C=O) groups excluding carboxylic acids is 2. The summed E-state index contributed by atoms with van der Waals surface area (Å²) in [6.45, 7) is 8.19. The molecule has 0 bridgehead atoms. The molecule has 2 N–H and O–H groups in total. The predicted octanol–water partition coefficient (Wildman–Crippen LogP) is 4.76. The van der Waals surface area contributed by atoms with Gasteiger partial charge in [-0.05, 0) is 55.2 Å². The lowest BCUT2D eigenvalue weighted by Crippen LogP contribution is -2.17. The van der Waals surface area contributed by atoms with Crippen LogP contribution in [0.15, 0.2) is 42.5 Å². The van der Waals surface area contributed by atoms with Crippen LogP contribution in [0, 0.1) is 19.8 Å². The number of benzene rings is 2. The summed E-state index contributed by atoms with van der Waals surface area (Å²) in [5.41, 5.74) is 3.82. The van der Waals surface area contributed by atoms with Gasteiger partial charge in [-0.1, -0.05) is 32.0 Å². The van der Waals surface area contributed by atoms with E-state index >= 15 is 0 Å². The Bertz CT molecular complexity index is 769. The summed E-state index contributed by atoms with van der Waals surface area (Å²) >= 11 is 0. The molecule has 0 aliphatic heterocycles. The van der Waals surface area contributed by atoms with Crippen LogP contribution in [0.3, 0.4) is 0 Å². The third kappa shape index (κ3) is 5.35. The molecule has 2 rings (SSSR count). The molecule has 2 aromatic carbocycles. The molecular weight excluding hydrogens is 316 g/mol. The van der Waals surface area contributed by atoms with Crippen LogP contribution in [-0.4, -0.2) is 18.6 Å². The van der Waals surface area contributed by atoms with Crippen LogP contribution < -0.4 is 10.6 Å². The molecule has 0 aliphatic rings. The second-order valence-electron chi connectivity index (χ2n) is 6.40. The Labute approximate surface area is 148 Å². The van der Waals surface area contributed by atoms with Gasteiger partial charge in [-0.15, -0.1) is 0 Å². The van der Waals surface area contributed by atoms with Crippen LogP contribution in [0.4, 0.5) is 16.2 Å². The first-order valence-electron chi connectivity index (χ1n) is 8.28.